The molecule has 0 saturated carbocycles. The maximum absolute atomic E-state index is 5.94. The van der Waals surface area contributed by atoms with Crippen molar-refractivity contribution in [3.63, 3.8) is 0 Å². The number of anilines is 3. The minimum atomic E-state index is 0.755. The van der Waals surface area contributed by atoms with E-state index in [1.165, 1.54) is 12.8 Å². The minimum absolute atomic E-state index is 0.755. The van der Waals surface area contributed by atoms with Crippen LogP contribution in [-0.2, 0) is 0 Å². The first-order valence-electron chi connectivity index (χ1n) is 8.78. The molecule has 26 heavy (non-hydrogen) atoms. The zero-order valence-electron chi connectivity index (χ0n) is 14.4. The molecule has 0 unspecified atom stereocenters. The van der Waals surface area contributed by atoms with E-state index >= 15 is 0 Å². The molecule has 5 heteroatoms. The third-order valence-electron chi connectivity index (χ3n) is 4.35. The number of benzene rings is 2. The molecule has 1 aliphatic rings. The molecule has 0 amide bonds. The van der Waals surface area contributed by atoms with Crippen LogP contribution in [0, 0.1) is 0 Å². The number of nitrogens with zero attached hydrogens (tertiary/aromatic N) is 2. The standard InChI is InChI=1S/C21H20BrN3O/c22-20-14-19(26-21(20)25-12-4-5-13-25)15-23-16-8-10-18(11-9-16)24-17-6-2-1-3-7-17/h1-3,6-11,14-15,24H,4-5,12-13H2. The van der Waals surface area contributed by atoms with E-state index in [0.717, 1.165) is 46.3 Å². The molecular weight excluding hydrogens is 390 g/mol. The first kappa shape index (κ1) is 16.9. The van der Waals surface area contributed by atoms with Gasteiger partial charge < -0.3 is 14.6 Å². The van der Waals surface area contributed by atoms with E-state index in [-0.39, 0.29) is 0 Å². The number of furan rings is 1. The SMILES string of the molecule is Brc1cc(C=Nc2ccc(Nc3ccccc3)cc2)oc1N1CCCC1. The maximum atomic E-state index is 5.94. The summed E-state index contributed by atoms with van der Waals surface area (Å²) in [4.78, 5) is 6.79. The topological polar surface area (TPSA) is 40.8 Å². The summed E-state index contributed by atoms with van der Waals surface area (Å²) >= 11 is 3.59. The third kappa shape index (κ3) is 3.99. The second-order valence-corrected chi connectivity index (χ2v) is 7.15. The molecule has 1 saturated heterocycles. The molecule has 0 atom stereocenters. The van der Waals surface area contributed by atoms with Crippen LogP contribution in [0.25, 0.3) is 0 Å². The average molecular weight is 410 g/mol. The highest BCUT2D eigenvalue weighted by Crippen LogP contribution is 2.32. The Hall–Kier alpha value is -2.53. The molecule has 0 spiro atoms. The van der Waals surface area contributed by atoms with Crippen molar-refractivity contribution in [2.75, 3.05) is 23.3 Å². The molecule has 1 N–H and O–H groups in total. The monoisotopic (exact) mass is 409 g/mol. The number of nitrogens with one attached hydrogen (secondary N) is 1. The van der Waals surface area contributed by atoms with Crippen molar-refractivity contribution in [1.29, 1.82) is 0 Å². The second kappa shape index (κ2) is 7.79. The van der Waals surface area contributed by atoms with E-state index in [0.29, 0.717) is 0 Å². The van der Waals surface area contributed by atoms with Crippen molar-refractivity contribution in [2.24, 2.45) is 4.99 Å². The van der Waals surface area contributed by atoms with Gasteiger partial charge in [0.25, 0.3) is 0 Å². The number of halogens is 1. The summed E-state index contributed by atoms with van der Waals surface area (Å²) in [5.41, 5.74) is 2.99. The fourth-order valence-electron chi connectivity index (χ4n) is 3.03. The van der Waals surface area contributed by atoms with Crippen LogP contribution in [0.3, 0.4) is 0 Å². The summed E-state index contributed by atoms with van der Waals surface area (Å²) in [5, 5.41) is 3.36. The fraction of sp³-hybridized carbons (Fsp3) is 0.190. The van der Waals surface area contributed by atoms with Gasteiger partial charge in [-0.2, -0.15) is 0 Å². The predicted molar refractivity (Wildman–Crippen MR) is 111 cm³/mol. The van der Waals surface area contributed by atoms with Crippen molar-refractivity contribution in [3.05, 3.63) is 70.9 Å². The minimum Gasteiger partial charge on any atom is -0.438 e. The van der Waals surface area contributed by atoms with Crippen LogP contribution in [0.2, 0.25) is 0 Å². The van der Waals surface area contributed by atoms with Crippen molar-refractivity contribution < 1.29 is 4.42 Å². The zero-order valence-corrected chi connectivity index (χ0v) is 15.9. The van der Waals surface area contributed by atoms with Crippen LogP contribution in [0.4, 0.5) is 22.9 Å². The molecule has 3 aromatic rings. The Kier molecular flexibility index (Phi) is 5.07. The number of hydrogen-bond acceptors (Lipinski definition) is 4. The van der Waals surface area contributed by atoms with Crippen molar-refractivity contribution in [2.45, 2.75) is 12.8 Å². The van der Waals surface area contributed by atoms with E-state index < -0.39 is 0 Å². The molecular formula is C21H20BrN3O. The first-order valence-corrected chi connectivity index (χ1v) is 9.58. The Balaban J connectivity index is 1.43. The predicted octanol–water partition coefficient (Wildman–Crippen LogP) is 6.14. The van der Waals surface area contributed by atoms with Gasteiger partial charge in [0.1, 0.15) is 5.76 Å². The molecule has 0 aliphatic carbocycles. The van der Waals surface area contributed by atoms with Gasteiger partial charge in [0, 0.05) is 30.5 Å². The number of para-hydroxylation sites is 1. The second-order valence-electron chi connectivity index (χ2n) is 6.29. The van der Waals surface area contributed by atoms with Crippen LogP contribution >= 0.6 is 15.9 Å². The Morgan fingerprint density at radius 2 is 1.65 bits per heavy atom. The van der Waals surface area contributed by atoms with E-state index in [4.69, 9.17) is 4.42 Å². The molecule has 1 aliphatic heterocycles. The van der Waals surface area contributed by atoms with Gasteiger partial charge in [-0.1, -0.05) is 18.2 Å². The van der Waals surface area contributed by atoms with Crippen LogP contribution < -0.4 is 10.2 Å². The van der Waals surface area contributed by atoms with Gasteiger partial charge in [0.2, 0.25) is 5.88 Å². The Bertz CT molecular complexity index is 881. The highest BCUT2D eigenvalue weighted by atomic mass is 79.9. The van der Waals surface area contributed by atoms with Gasteiger partial charge in [0.15, 0.2) is 0 Å². The van der Waals surface area contributed by atoms with Gasteiger partial charge >= 0.3 is 0 Å². The summed E-state index contributed by atoms with van der Waals surface area (Å²) < 4.78 is 6.93. The summed E-state index contributed by atoms with van der Waals surface area (Å²) in [6.07, 6.45) is 4.21. The normalized spacial score (nSPS) is 14.3. The Morgan fingerprint density at radius 1 is 0.962 bits per heavy atom. The number of hydrogen-bond donors (Lipinski definition) is 1. The van der Waals surface area contributed by atoms with Crippen molar-refractivity contribution in [1.82, 2.24) is 0 Å². The molecule has 2 heterocycles. The molecule has 4 nitrogen and oxygen atoms in total. The van der Waals surface area contributed by atoms with Gasteiger partial charge in [-0.15, -0.1) is 0 Å². The lowest BCUT2D eigenvalue weighted by molar-refractivity contribution is 0.549. The highest BCUT2D eigenvalue weighted by molar-refractivity contribution is 9.10. The lowest BCUT2D eigenvalue weighted by Crippen LogP contribution is -2.17. The average Bonchev–Trinajstić information content (AvgIpc) is 3.31. The summed E-state index contributed by atoms with van der Waals surface area (Å²) in [5.74, 6) is 1.66. The van der Waals surface area contributed by atoms with E-state index in [2.05, 4.69) is 31.1 Å². The summed E-state index contributed by atoms with van der Waals surface area (Å²) in [6, 6.07) is 20.1. The van der Waals surface area contributed by atoms with Crippen LogP contribution in [0.15, 0.2) is 74.5 Å². The number of rotatable bonds is 5. The van der Waals surface area contributed by atoms with E-state index in [1.807, 2.05) is 60.7 Å². The maximum Gasteiger partial charge on any atom is 0.210 e. The fourth-order valence-corrected chi connectivity index (χ4v) is 3.59. The Morgan fingerprint density at radius 3 is 2.38 bits per heavy atom. The van der Waals surface area contributed by atoms with E-state index in [9.17, 15) is 0 Å². The van der Waals surface area contributed by atoms with E-state index in [1.54, 1.807) is 6.21 Å². The lowest BCUT2D eigenvalue weighted by atomic mass is 10.2. The van der Waals surface area contributed by atoms with Gasteiger partial charge in [0.05, 0.1) is 16.4 Å². The van der Waals surface area contributed by atoms with Gasteiger partial charge in [-0.25, -0.2) is 0 Å². The molecule has 4 rings (SSSR count). The summed E-state index contributed by atoms with van der Waals surface area (Å²) in [6.45, 7) is 2.11. The largest absolute Gasteiger partial charge is 0.438 e. The van der Waals surface area contributed by atoms with Crippen molar-refractivity contribution >= 4 is 45.1 Å². The molecule has 2 aromatic carbocycles. The number of aliphatic imine (C=N–C) groups is 1. The smallest absolute Gasteiger partial charge is 0.210 e. The zero-order chi connectivity index (χ0) is 17.8. The summed E-state index contributed by atoms with van der Waals surface area (Å²) in [7, 11) is 0. The third-order valence-corrected chi connectivity index (χ3v) is 4.92. The molecule has 132 valence electrons. The highest BCUT2D eigenvalue weighted by Gasteiger charge is 2.19. The first-order chi connectivity index (χ1) is 12.8. The molecule has 1 fully saturated rings. The lowest BCUT2D eigenvalue weighted by Gasteiger charge is -2.13. The van der Waals surface area contributed by atoms with Gasteiger partial charge in [-0.05, 0) is 65.2 Å². The van der Waals surface area contributed by atoms with Crippen LogP contribution in [-0.4, -0.2) is 19.3 Å². The van der Waals surface area contributed by atoms with Crippen molar-refractivity contribution in [3.8, 4) is 0 Å². The quantitative estimate of drug-likeness (QED) is 0.514. The van der Waals surface area contributed by atoms with Gasteiger partial charge in [-0.3, -0.25) is 4.99 Å². The molecule has 0 bridgehead atoms. The van der Waals surface area contributed by atoms with Crippen LogP contribution in [0.1, 0.15) is 18.6 Å². The molecule has 1 aromatic heterocycles. The van der Waals surface area contributed by atoms with Crippen LogP contribution in [0.5, 0.6) is 0 Å². The molecule has 0 radical (unpaired) electrons. The Labute approximate surface area is 161 Å².